The Kier molecular flexibility index (Phi) is 7.10. The molecule has 1 aromatic heterocycles. The summed E-state index contributed by atoms with van der Waals surface area (Å²) in [6.07, 6.45) is 0. The van der Waals surface area contributed by atoms with Crippen molar-refractivity contribution in [2.45, 2.75) is 47.7 Å². The first-order chi connectivity index (χ1) is 10.3. The lowest BCUT2D eigenvalue weighted by Gasteiger charge is -2.28. The Balaban J connectivity index is 3.18. The average Bonchev–Trinajstić information content (AvgIpc) is 2.38. The first-order valence-electron chi connectivity index (χ1n) is 8.01. The van der Waals surface area contributed by atoms with E-state index in [0.29, 0.717) is 30.6 Å². The van der Waals surface area contributed by atoms with E-state index in [0.717, 1.165) is 18.8 Å². The smallest absolute Gasteiger partial charge is 0.223 e. The second-order valence-corrected chi connectivity index (χ2v) is 6.80. The number of nitrogens with zero attached hydrogens (tertiary/aromatic N) is 2. The van der Waals surface area contributed by atoms with Crippen LogP contribution in [0.25, 0.3) is 0 Å². The maximum Gasteiger partial charge on any atom is 0.223 e. The molecule has 5 nitrogen and oxygen atoms in total. The molecule has 0 fully saturated rings. The molecule has 2 N–H and O–H groups in total. The number of aromatic nitrogens is 1. The van der Waals surface area contributed by atoms with Crippen LogP contribution >= 0.6 is 0 Å². The molecule has 0 aliphatic heterocycles. The van der Waals surface area contributed by atoms with E-state index in [1.807, 2.05) is 11.5 Å². The fourth-order valence-corrected chi connectivity index (χ4v) is 2.84. The third-order valence-corrected chi connectivity index (χ3v) is 3.54. The molecule has 5 heteroatoms. The van der Waals surface area contributed by atoms with Crippen molar-refractivity contribution in [3.05, 3.63) is 27.7 Å². The molecule has 0 bridgehead atoms. The summed E-state index contributed by atoms with van der Waals surface area (Å²) in [6, 6.07) is 1.42. The summed E-state index contributed by atoms with van der Waals surface area (Å²) in [5.41, 5.74) is 1.01. The van der Waals surface area contributed by atoms with E-state index in [-0.39, 0.29) is 17.8 Å². The van der Waals surface area contributed by atoms with E-state index in [2.05, 4.69) is 32.6 Å². The van der Waals surface area contributed by atoms with Crippen LogP contribution in [-0.2, 0) is 13.1 Å². The Labute approximate surface area is 133 Å². The van der Waals surface area contributed by atoms with Crippen molar-refractivity contribution in [3.63, 3.8) is 0 Å². The highest BCUT2D eigenvalue weighted by molar-refractivity contribution is 5.29. The quantitative estimate of drug-likeness (QED) is 0.770. The molecule has 0 atom stereocenters. The number of aryl methyl sites for hydroxylation is 1. The minimum Gasteiger partial charge on any atom is -0.503 e. The van der Waals surface area contributed by atoms with Crippen LogP contribution in [0.3, 0.4) is 0 Å². The van der Waals surface area contributed by atoms with Gasteiger partial charge in [-0.15, -0.1) is 0 Å². The summed E-state index contributed by atoms with van der Waals surface area (Å²) < 4.78 is 1.84. The maximum atomic E-state index is 11.9. The van der Waals surface area contributed by atoms with Crippen molar-refractivity contribution in [2.24, 2.45) is 11.8 Å². The molecule has 0 radical (unpaired) electrons. The summed E-state index contributed by atoms with van der Waals surface area (Å²) >= 11 is 0. The third-order valence-electron chi connectivity index (χ3n) is 3.54. The molecule has 1 heterocycles. The topological polar surface area (TPSA) is 65.7 Å². The van der Waals surface area contributed by atoms with E-state index < -0.39 is 0 Å². The second kappa shape index (κ2) is 8.34. The van der Waals surface area contributed by atoms with Crippen LogP contribution in [0.4, 0.5) is 0 Å². The second-order valence-electron chi connectivity index (χ2n) is 6.80. The summed E-state index contributed by atoms with van der Waals surface area (Å²) in [4.78, 5) is 14.2. The summed E-state index contributed by atoms with van der Waals surface area (Å²) in [7, 11) is 0. The van der Waals surface area contributed by atoms with Crippen molar-refractivity contribution < 1.29 is 10.2 Å². The van der Waals surface area contributed by atoms with Gasteiger partial charge in [-0.05, 0) is 18.8 Å². The van der Waals surface area contributed by atoms with Crippen LogP contribution in [0, 0.1) is 18.8 Å². The zero-order valence-corrected chi connectivity index (χ0v) is 14.5. The zero-order valence-electron chi connectivity index (χ0n) is 14.5. The van der Waals surface area contributed by atoms with Crippen molar-refractivity contribution in [1.82, 2.24) is 9.47 Å². The van der Waals surface area contributed by atoms with E-state index >= 15 is 0 Å². The van der Waals surface area contributed by atoms with Gasteiger partial charge in [0.15, 0.2) is 5.75 Å². The molecule has 0 aliphatic carbocycles. The normalized spacial score (nSPS) is 11.9. The van der Waals surface area contributed by atoms with E-state index in [4.69, 9.17) is 0 Å². The standard InChI is InChI=1S/C17H30N2O3/c1-12(2)9-18(10-13(3)4)11-15-17(22)16(21)8-14(5)19(15)6-7-20/h8,12-13,20,22H,6-7,9-11H2,1-5H3. The minimum absolute atomic E-state index is 0.0233. The lowest BCUT2D eigenvalue weighted by atomic mass is 10.1. The maximum absolute atomic E-state index is 11.9. The van der Waals surface area contributed by atoms with Gasteiger partial charge in [-0.2, -0.15) is 0 Å². The Hall–Kier alpha value is -1.33. The van der Waals surface area contributed by atoms with Gasteiger partial charge >= 0.3 is 0 Å². The van der Waals surface area contributed by atoms with Gasteiger partial charge in [0.2, 0.25) is 5.43 Å². The highest BCUT2D eigenvalue weighted by Gasteiger charge is 2.18. The van der Waals surface area contributed by atoms with E-state index in [9.17, 15) is 15.0 Å². The van der Waals surface area contributed by atoms with Crippen LogP contribution in [0.2, 0.25) is 0 Å². The van der Waals surface area contributed by atoms with Crippen LogP contribution < -0.4 is 5.43 Å². The number of aliphatic hydroxyl groups is 1. The monoisotopic (exact) mass is 310 g/mol. The fourth-order valence-electron chi connectivity index (χ4n) is 2.84. The van der Waals surface area contributed by atoms with Gasteiger partial charge in [0.1, 0.15) is 0 Å². The molecule has 0 amide bonds. The summed E-state index contributed by atoms with van der Waals surface area (Å²) in [6.45, 7) is 13.1. The number of pyridine rings is 1. The highest BCUT2D eigenvalue weighted by atomic mass is 16.3. The Bertz CT molecular complexity index is 525. The number of hydrogen-bond acceptors (Lipinski definition) is 4. The minimum atomic E-state index is -0.351. The predicted molar refractivity (Wildman–Crippen MR) is 89.1 cm³/mol. The van der Waals surface area contributed by atoms with Crippen LogP contribution in [0.5, 0.6) is 5.75 Å². The largest absolute Gasteiger partial charge is 0.503 e. The molecule has 0 spiro atoms. The summed E-state index contributed by atoms with van der Waals surface area (Å²) in [5, 5.41) is 19.5. The Morgan fingerprint density at radius 2 is 1.73 bits per heavy atom. The fraction of sp³-hybridized carbons (Fsp3) is 0.706. The number of aliphatic hydroxyl groups excluding tert-OH is 1. The number of aromatic hydroxyl groups is 1. The molecule has 126 valence electrons. The molecule has 0 saturated carbocycles. The Morgan fingerprint density at radius 1 is 1.18 bits per heavy atom. The molecular weight excluding hydrogens is 280 g/mol. The zero-order chi connectivity index (χ0) is 16.9. The lowest BCUT2D eigenvalue weighted by molar-refractivity contribution is 0.199. The summed E-state index contributed by atoms with van der Waals surface area (Å²) in [5.74, 6) is 0.809. The van der Waals surface area contributed by atoms with Gasteiger partial charge in [0, 0.05) is 37.9 Å². The van der Waals surface area contributed by atoms with Gasteiger partial charge in [0.05, 0.1) is 12.3 Å². The first-order valence-corrected chi connectivity index (χ1v) is 8.01. The third kappa shape index (κ3) is 5.14. The molecule has 1 rings (SSSR count). The van der Waals surface area contributed by atoms with E-state index in [1.54, 1.807) is 0 Å². The molecule has 0 saturated heterocycles. The van der Waals surface area contributed by atoms with Crippen LogP contribution in [-0.4, -0.2) is 39.4 Å². The lowest BCUT2D eigenvalue weighted by Crippen LogP contribution is -2.33. The van der Waals surface area contributed by atoms with Crippen molar-refractivity contribution in [1.29, 1.82) is 0 Å². The SMILES string of the molecule is Cc1cc(=O)c(O)c(CN(CC(C)C)CC(C)C)n1CCO. The van der Waals surface area contributed by atoms with Crippen molar-refractivity contribution in [3.8, 4) is 5.75 Å². The van der Waals surface area contributed by atoms with Crippen molar-refractivity contribution in [2.75, 3.05) is 19.7 Å². The number of hydrogen-bond donors (Lipinski definition) is 2. The molecular formula is C17H30N2O3. The average molecular weight is 310 g/mol. The van der Waals surface area contributed by atoms with E-state index in [1.165, 1.54) is 6.07 Å². The molecule has 1 aromatic rings. The highest BCUT2D eigenvalue weighted by Crippen LogP contribution is 2.18. The first kappa shape index (κ1) is 18.7. The van der Waals surface area contributed by atoms with Gasteiger partial charge in [-0.1, -0.05) is 27.7 Å². The Morgan fingerprint density at radius 3 is 2.18 bits per heavy atom. The molecule has 0 unspecified atom stereocenters. The predicted octanol–water partition coefficient (Wildman–Crippen LogP) is 1.97. The molecule has 22 heavy (non-hydrogen) atoms. The molecule has 0 aromatic carbocycles. The van der Waals surface area contributed by atoms with Gasteiger partial charge in [-0.25, -0.2) is 0 Å². The molecule has 0 aliphatic rings. The number of rotatable bonds is 8. The van der Waals surface area contributed by atoms with Crippen LogP contribution in [0.1, 0.15) is 39.1 Å². The van der Waals surface area contributed by atoms with Gasteiger partial charge < -0.3 is 14.8 Å². The van der Waals surface area contributed by atoms with Crippen LogP contribution in [0.15, 0.2) is 10.9 Å². The van der Waals surface area contributed by atoms with Crippen molar-refractivity contribution >= 4 is 0 Å². The van der Waals surface area contributed by atoms with Gasteiger partial charge in [-0.3, -0.25) is 9.69 Å². The van der Waals surface area contributed by atoms with Gasteiger partial charge in [0.25, 0.3) is 0 Å².